The summed E-state index contributed by atoms with van der Waals surface area (Å²) in [5.41, 5.74) is 2.90. The van der Waals surface area contributed by atoms with Crippen LogP contribution in [-0.2, 0) is 13.6 Å². The minimum atomic E-state index is 0.0589. The summed E-state index contributed by atoms with van der Waals surface area (Å²) in [5, 5.41) is 3.35. The van der Waals surface area contributed by atoms with E-state index in [0.717, 1.165) is 24.5 Å². The number of nitrogens with zero attached hydrogens (tertiary/aromatic N) is 2. The molecule has 0 saturated heterocycles. The van der Waals surface area contributed by atoms with Gasteiger partial charge in [-0.2, -0.15) is 0 Å². The van der Waals surface area contributed by atoms with Gasteiger partial charge in [0.15, 0.2) is 0 Å². The minimum absolute atomic E-state index is 0.0589. The topological polar surface area (TPSA) is 37.3 Å². The Balaban J connectivity index is 2.01. The Morgan fingerprint density at radius 3 is 2.84 bits per heavy atom. The Hall–Kier alpha value is -2.07. The van der Waals surface area contributed by atoms with Gasteiger partial charge in [-0.05, 0) is 23.8 Å². The molecule has 1 amide bonds. The second-order valence-corrected chi connectivity index (χ2v) is 4.77. The molecule has 0 radical (unpaired) electrons. The average molecular weight is 255 g/mol. The molecule has 1 aliphatic heterocycles. The molecule has 4 heteroatoms. The fraction of sp³-hybridized carbons (Fsp3) is 0.267. The Labute approximate surface area is 112 Å². The van der Waals surface area contributed by atoms with Crippen molar-refractivity contribution >= 4 is 11.6 Å². The van der Waals surface area contributed by atoms with Gasteiger partial charge in [-0.25, -0.2) is 0 Å². The summed E-state index contributed by atoms with van der Waals surface area (Å²) in [4.78, 5) is 14.5. The highest BCUT2D eigenvalue weighted by Gasteiger charge is 2.23. The number of hydrogen-bond acceptors (Lipinski definition) is 2. The van der Waals surface area contributed by atoms with E-state index in [-0.39, 0.29) is 5.91 Å². The molecule has 1 aromatic heterocycles. The van der Waals surface area contributed by atoms with Gasteiger partial charge in [0.2, 0.25) is 0 Å². The molecule has 1 aliphatic rings. The van der Waals surface area contributed by atoms with Gasteiger partial charge >= 0.3 is 0 Å². The number of aromatic nitrogens is 1. The SMILES string of the molecule is Cn1cccc1C(=O)N1CCNCc2ccccc21. The van der Waals surface area contributed by atoms with Crippen molar-refractivity contribution in [3.63, 3.8) is 0 Å². The lowest BCUT2D eigenvalue weighted by Crippen LogP contribution is -2.35. The molecular formula is C15H17N3O. The van der Waals surface area contributed by atoms with Gasteiger partial charge < -0.3 is 14.8 Å². The molecule has 1 aromatic carbocycles. The molecule has 19 heavy (non-hydrogen) atoms. The van der Waals surface area contributed by atoms with E-state index in [2.05, 4.69) is 11.4 Å². The van der Waals surface area contributed by atoms with Crippen molar-refractivity contribution in [1.29, 1.82) is 0 Å². The zero-order valence-electron chi connectivity index (χ0n) is 11.0. The first kappa shape index (κ1) is 12.0. The van der Waals surface area contributed by atoms with Crippen LogP contribution >= 0.6 is 0 Å². The zero-order valence-corrected chi connectivity index (χ0v) is 11.0. The summed E-state index contributed by atoms with van der Waals surface area (Å²) >= 11 is 0. The van der Waals surface area contributed by atoms with Gasteiger partial charge in [-0.3, -0.25) is 4.79 Å². The highest BCUT2D eigenvalue weighted by Crippen LogP contribution is 2.23. The second-order valence-electron chi connectivity index (χ2n) is 4.77. The largest absolute Gasteiger partial charge is 0.347 e. The molecule has 4 nitrogen and oxygen atoms in total. The smallest absolute Gasteiger partial charge is 0.274 e. The summed E-state index contributed by atoms with van der Waals surface area (Å²) < 4.78 is 1.86. The van der Waals surface area contributed by atoms with E-state index in [1.165, 1.54) is 5.56 Å². The van der Waals surface area contributed by atoms with Crippen LogP contribution in [0.2, 0.25) is 0 Å². The normalized spacial score (nSPS) is 14.9. The highest BCUT2D eigenvalue weighted by molar-refractivity contribution is 6.05. The maximum absolute atomic E-state index is 12.7. The quantitative estimate of drug-likeness (QED) is 0.843. The number of aryl methyl sites for hydroxylation is 1. The van der Waals surface area contributed by atoms with Crippen molar-refractivity contribution in [2.45, 2.75) is 6.54 Å². The number of carbonyl (C=O) groups is 1. The minimum Gasteiger partial charge on any atom is -0.347 e. The lowest BCUT2D eigenvalue weighted by Gasteiger charge is -2.22. The lowest BCUT2D eigenvalue weighted by molar-refractivity contribution is 0.0980. The Morgan fingerprint density at radius 2 is 2.05 bits per heavy atom. The summed E-state index contributed by atoms with van der Waals surface area (Å²) in [7, 11) is 1.90. The van der Waals surface area contributed by atoms with Crippen molar-refractivity contribution in [3.05, 3.63) is 53.9 Å². The molecule has 98 valence electrons. The van der Waals surface area contributed by atoms with E-state index in [4.69, 9.17) is 0 Å². The van der Waals surface area contributed by atoms with E-state index in [9.17, 15) is 4.79 Å². The molecule has 2 heterocycles. The van der Waals surface area contributed by atoms with Crippen molar-refractivity contribution in [2.24, 2.45) is 7.05 Å². The fourth-order valence-corrected chi connectivity index (χ4v) is 2.49. The Morgan fingerprint density at radius 1 is 1.21 bits per heavy atom. The predicted octanol–water partition coefficient (Wildman–Crippen LogP) is 1.78. The Bertz CT molecular complexity index is 603. The maximum atomic E-state index is 12.7. The molecule has 1 N–H and O–H groups in total. The summed E-state index contributed by atoms with van der Waals surface area (Å²) in [5.74, 6) is 0.0589. The standard InChI is InChI=1S/C15H17N3O/c1-17-9-4-7-14(17)15(19)18-10-8-16-11-12-5-2-3-6-13(12)18/h2-7,9,16H,8,10-11H2,1H3. The first-order valence-electron chi connectivity index (χ1n) is 6.49. The summed E-state index contributed by atoms with van der Waals surface area (Å²) in [6.45, 7) is 2.32. The van der Waals surface area contributed by atoms with E-state index in [1.54, 1.807) is 0 Å². The van der Waals surface area contributed by atoms with Gasteiger partial charge in [0.1, 0.15) is 5.69 Å². The molecule has 3 rings (SSSR count). The molecule has 0 aliphatic carbocycles. The van der Waals surface area contributed by atoms with Crippen molar-refractivity contribution in [2.75, 3.05) is 18.0 Å². The molecule has 0 atom stereocenters. The van der Waals surface area contributed by atoms with Gasteiger partial charge in [0.05, 0.1) is 0 Å². The molecule has 0 bridgehead atoms. The third-order valence-corrected chi connectivity index (χ3v) is 3.52. The maximum Gasteiger partial charge on any atom is 0.274 e. The molecule has 0 fully saturated rings. The van der Waals surface area contributed by atoms with E-state index >= 15 is 0 Å². The molecule has 0 unspecified atom stereocenters. The van der Waals surface area contributed by atoms with Gasteiger partial charge in [-0.1, -0.05) is 18.2 Å². The van der Waals surface area contributed by atoms with Crippen LogP contribution in [0.15, 0.2) is 42.6 Å². The van der Waals surface area contributed by atoms with Crippen molar-refractivity contribution < 1.29 is 4.79 Å². The third-order valence-electron chi connectivity index (χ3n) is 3.52. The Kier molecular flexibility index (Phi) is 3.09. The van der Waals surface area contributed by atoms with Crippen LogP contribution in [0, 0.1) is 0 Å². The summed E-state index contributed by atoms with van der Waals surface area (Å²) in [6.07, 6.45) is 1.90. The molecule has 0 spiro atoms. The highest BCUT2D eigenvalue weighted by atomic mass is 16.2. The van der Waals surface area contributed by atoms with E-state index in [1.807, 2.05) is 53.0 Å². The van der Waals surface area contributed by atoms with Crippen molar-refractivity contribution in [3.8, 4) is 0 Å². The third kappa shape index (κ3) is 2.15. The number of fused-ring (bicyclic) bond motifs is 1. The van der Waals surface area contributed by atoms with Gasteiger partial charge in [-0.15, -0.1) is 0 Å². The van der Waals surface area contributed by atoms with Crippen LogP contribution in [0.25, 0.3) is 0 Å². The van der Waals surface area contributed by atoms with Crippen LogP contribution in [0.1, 0.15) is 16.1 Å². The second kappa shape index (κ2) is 4.90. The average Bonchev–Trinajstić information content (AvgIpc) is 2.74. The van der Waals surface area contributed by atoms with E-state index < -0.39 is 0 Å². The first-order chi connectivity index (χ1) is 9.27. The predicted molar refractivity (Wildman–Crippen MR) is 75.2 cm³/mol. The zero-order chi connectivity index (χ0) is 13.2. The molecule has 2 aromatic rings. The molecular weight excluding hydrogens is 238 g/mol. The van der Waals surface area contributed by atoms with Crippen molar-refractivity contribution in [1.82, 2.24) is 9.88 Å². The molecule has 0 saturated carbocycles. The number of rotatable bonds is 1. The number of nitrogens with one attached hydrogen (secondary N) is 1. The van der Waals surface area contributed by atoms with Gasteiger partial charge in [0.25, 0.3) is 5.91 Å². The van der Waals surface area contributed by atoms with Crippen LogP contribution in [0.5, 0.6) is 0 Å². The number of anilines is 1. The van der Waals surface area contributed by atoms with Crippen LogP contribution in [0.3, 0.4) is 0 Å². The fourth-order valence-electron chi connectivity index (χ4n) is 2.49. The summed E-state index contributed by atoms with van der Waals surface area (Å²) in [6, 6.07) is 11.8. The number of benzene rings is 1. The lowest BCUT2D eigenvalue weighted by atomic mass is 10.1. The van der Waals surface area contributed by atoms with Crippen LogP contribution < -0.4 is 10.2 Å². The van der Waals surface area contributed by atoms with Crippen LogP contribution in [-0.4, -0.2) is 23.6 Å². The number of hydrogen-bond donors (Lipinski definition) is 1. The van der Waals surface area contributed by atoms with E-state index in [0.29, 0.717) is 6.54 Å². The van der Waals surface area contributed by atoms with Crippen LogP contribution in [0.4, 0.5) is 5.69 Å². The monoisotopic (exact) mass is 255 g/mol. The number of amides is 1. The first-order valence-corrected chi connectivity index (χ1v) is 6.49. The number of carbonyl (C=O) groups excluding carboxylic acids is 1. The number of para-hydroxylation sites is 1. The van der Waals surface area contributed by atoms with Gasteiger partial charge in [0, 0.05) is 38.6 Å².